The Morgan fingerprint density at radius 2 is 1.08 bits per heavy atom. The van der Waals surface area contributed by atoms with E-state index in [0.29, 0.717) is 16.8 Å². The predicted octanol–water partition coefficient (Wildman–Crippen LogP) is 8.62. The Kier molecular flexibility index (Phi) is 17.0. The number of nitrogens with two attached hydrogens (primary N) is 1. The minimum absolute atomic E-state index is 0. The standard InChI is InChI=1S/C18H11ClF5N3O.C12H8ClF2N.C6H4ClF3N2O.CH4.ClH/c1-27-8-12(16(26-27)18(22,23)24)17(28)25-15-5-3-10(20)7-11(15)9-2-4-13(19)14(21)6-9;13-10-3-1-7(5-11(10)15)9-6-8(14)2-4-12(9)16;1-12-2-3(5(7)13)4(11-12)6(8,9)10;;/h2-8H,1H3,(H,25,28);1-6H,16H2;2H,1H3;1H4;1H/p-1. The van der Waals surface area contributed by atoms with E-state index in [1.165, 1.54) is 62.6 Å². The lowest BCUT2D eigenvalue weighted by Crippen LogP contribution is -3.00. The summed E-state index contributed by atoms with van der Waals surface area (Å²) >= 11 is 16.1. The molecule has 2 heterocycles. The fourth-order valence-corrected chi connectivity index (χ4v) is 5.24. The molecule has 59 heavy (non-hydrogen) atoms. The molecule has 8 nitrogen and oxygen atoms in total. The maximum absolute atomic E-state index is 13.8. The van der Waals surface area contributed by atoms with Crippen LogP contribution < -0.4 is 23.5 Å². The van der Waals surface area contributed by atoms with Gasteiger partial charge < -0.3 is 23.5 Å². The third-order valence-corrected chi connectivity index (χ3v) is 8.17. The first kappa shape index (κ1) is 49.8. The van der Waals surface area contributed by atoms with E-state index in [-0.39, 0.29) is 46.7 Å². The molecule has 22 heteroatoms. The summed E-state index contributed by atoms with van der Waals surface area (Å²) in [6.45, 7) is 0. The molecule has 2 aromatic heterocycles. The third kappa shape index (κ3) is 12.8. The van der Waals surface area contributed by atoms with Crippen molar-refractivity contribution < 1.29 is 65.9 Å². The Labute approximate surface area is 349 Å². The summed E-state index contributed by atoms with van der Waals surface area (Å²) < 4.78 is 131. The van der Waals surface area contributed by atoms with Crippen LogP contribution in [0.25, 0.3) is 22.3 Å². The number of benzene rings is 4. The Morgan fingerprint density at radius 3 is 1.53 bits per heavy atom. The highest BCUT2D eigenvalue weighted by Gasteiger charge is 2.40. The number of carbonyl (C=O) groups excluding carboxylic acids is 2. The maximum atomic E-state index is 13.8. The van der Waals surface area contributed by atoms with Crippen molar-refractivity contribution in [1.29, 1.82) is 0 Å². The Bertz CT molecular complexity index is 2450. The molecule has 6 rings (SSSR count). The second kappa shape index (κ2) is 20.1. The van der Waals surface area contributed by atoms with Crippen molar-refractivity contribution in [2.24, 2.45) is 14.1 Å². The summed E-state index contributed by atoms with van der Waals surface area (Å²) in [5.74, 6) is -3.52. The van der Waals surface area contributed by atoms with Crippen molar-refractivity contribution in [2.75, 3.05) is 11.1 Å². The van der Waals surface area contributed by atoms with Gasteiger partial charge in [-0.05, 0) is 83.4 Å². The number of aromatic nitrogens is 4. The molecule has 0 atom stereocenters. The van der Waals surface area contributed by atoms with E-state index >= 15 is 0 Å². The van der Waals surface area contributed by atoms with Crippen LogP contribution in [-0.4, -0.2) is 30.7 Å². The predicted molar refractivity (Wildman–Crippen MR) is 199 cm³/mol. The fraction of sp³-hybridized carbons (Fsp3) is 0.135. The number of carbonyl (C=O) groups is 2. The number of nitrogens with zero attached hydrogens (tertiary/aromatic N) is 4. The monoisotopic (exact) mass is 917 g/mol. The smallest absolute Gasteiger partial charge is 0.435 e. The highest BCUT2D eigenvalue weighted by atomic mass is 35.5. The first-order valence-corrected chi connectivity index (χ1v) is 16.6. The van der Waals surface area contributed by atoms with Gasteiger partial charge in [-0.1, -0.05) is 42.8 Å². The number of amides is 1. The SMILES string of the molecule is C.Cn1cc(C(=O)Cl)c(C(F)(F)F)n1.Cn1cc(C(=O)Nc2ccc(F)cc2-c2ccc(Cl)c(F)c2)c(C(F)(F)F)n1.Nc1ccc(F)cc1-c1ccc(Cl)c(F)c1.[Cl-]. The highest BCUT2D eigenvalue weighted by Crippen LogP contribution is 2.35. The summed E-state index contributed by atoms with van der Waals surface area (Å²) in [7, 11) is 2.52. The van der Waals surface area contributed by atoms with Crippen molar-refractivity contribution in [3.05, 3.63) is 141 Å². The lowest BCUT2D eigenvalue weighted by molar-refractivity contribution is -0.142. The number of nitrogen functional groups attached to an aromatic ring is 1. The first-order valence-electron chi connectivity index (χ1n) is 15.4. The van der Waals surface area contributed by atoms with E-state index in [1.54, 1.807) is 6.07 Å². The van der Waals surface area contributed by atoms with E-state index in [2.05, 4.69) is 15.5 Å². The number of nitrogens with one attached hydrogen (secondary N) is 1. The van der Waals surface area contributed by atoms with Crippen molar-refractivity contribution in [3.63, 3.8) is 0 Å². The van der Waals surface area contributed by atoms with E-state index in [4.69, 9.17) is 40.5 Å². The average molecular weight is 919 g/mol. The molecule has 0 saturated heterocycles. The topological polar surface area (TPSA) is 108 Å². The number of hydrogen-bond acceptors (Lipinski definition) is 5. The van der Waals surface area contributed by atoms with E-state index in [0.717, 1.165) is 40.0 Å². The van der Waals surface area contributed by atoms with Crippen molar-refractivity contribution in [3.8, 4) is 22.3 Å². The first-order chi connectivity index (χ1) is 26.5. The summed E-state index contributed by atoms with van der Waals surface area (Å²) in [6.07, 6.45) is -7.64. The average Bonchev–Trinajstić information content (AvgIpc) is 3.73. The number of rotatable bonds is 5. The molecule has 0 aliphatic rings. The summed E-state index contributed by atoms with van der Waals surface area (Å²) in [5, 5.41) is 7.36. The van der Waals surface area contributed by atoms with Gasteiger partial charge in [-0.25, -0.2) is 17.6 Å². The maximum Gasteiger partial charge on any atom is 0.435 e. The number of alkyl halides is 6. The summed E-state index contributed by atoms with van der Waals surface area (Å²) in [4.78, 5) is 23.0. The second-order valence-electron chi connectivity index (χ2n) is 11.5. The zero-order chi connectivity index (χ0) is 42.6. The zero-order valence-electron chi connectivity index (χ0n) is 29.1. The van der Waals surface area contributed by atoms with E-state index in [1.807, 2.05) is 0 Å². The van der Waals surface area contributed by atoms with Gasteiger partial charge in [0.05, 0.1) is 21.2 Å². The minimum Gasteiger partial charge on any atom is -1.00 e. The van der Waals surface area contributed by atoms with Crippen molar-refractivity contribution in [2.45, 2.75) is 19.8 Å². The van der Waals surface area contributed by atoms with Gasteiger partial charge in [0.2, 0.25) is 0 Å². The summed E-state index contributed by atoms with van der Waals surface area (Å²) in [5.41, 5.74) is 3.34. The molecular formula is C37H27Cl4F10N6O2-. The van der Waals surface area contributed by atoms with Gasteiger partial charge in [0.15, 0.2) is 11.4 Å². The Balaban J connectivity index is 0.000000329. The Hall–Kier alpha value is -5.30. The minimum atomic E-state index is -4.83. The molecular weight excluding hydrogens is 892 g/mol. The lowest BCUT2D eigenvalue weighted by atomic mass is 10.0. The van der Waals surface area contributed by atoms with Crippen LogP contribution in [0.1, 0.15) is 39.5 Å². The molecule has 0 bridgehead atoms. The van der Waals surface area contributed by atoms with Gasteiger partial charge >= 0.3 is 12.4 Å². The van der Waals surface area contributed by atoms with Gasteiger partial charge in [0.25, 0.3) is 11.1 Å². The third-order valence-electron chi connectivity index (χ3n) is 7.36. The molecule has 0 unspecified atom stereocenters. The quantitative estimate of drug-likeness (QED) is 0.102. The van der Waals surface area contributed by atoms with Crippen LogP contribution >= 0.6 is 34.8 Å². The number of halogens is 14. The van der Waals surface area contributed by atoms with Crippen LogP contribution in [0.5, 0.6) is 0 Å². The molecule has 0 fully saturated rings. The zero-order valence-corrected chi connectivity index (χ0v) is 32.1. The molecule has 316 valence electrons. The van der Waals surface area contributed by atoms with Crippen LogP contribution in [0.2, 0.25) is 10.0 Å². The number of hydrogen-bond donors (Lipinski definition) is 2. The van der Waals surface area contributed by atoms with Crippen LogP contribution in [-0.2, 0) is 26.4 Å². The molecule has 3 N–H and O–H groups in total. The van der Waals surface area contributed by atoms with Crippen LogP contribution in [0, 0.1) is 23.3 Å². The molecule has 0 saturated carbocycles. The summed E-state index contributed by atoms with van der Waals surface area (Å²) in [6, 6.07) is 15.1. The Morgan fingerprint density at radius 1 is 0.661 bits per heavy atom. The van der Waals surface area contributed by atoms with Gasteiger partial charge in [-0.15, -0.1) is 0 Å². The second-order valence-corrected chi connectivity index (χ2v) is 12.7. The molecule has 0 spiro atoms. The lowest BCUT2D eigenvalue weighted by Gasteiger charge is -2.13. The number of anilines is 2. The van der Waals surface area contributed by atoms with Gasteiger partial charge in [0.1, 0.15) is 23.3 Å². The van der Waals surface area contributed by atoms with E-state index < -0.39 is 69.3 Å². The highest BCUT2D eigenvalue weighted by molar-refractivity contribution is 6.67. The van der Waals surface area contributed by atoms with Crippen LogP contribution in [0.3, 0.4) is 0 Å². The van der Waals surface area contributed by atoms with Crippen molar-refractivity contribution in [1.82, 2.24) is 19.6 Å². The molecule has 0 aliphatic heterocycles. The van der Waals surface area contributed by atoms with Gasteiger partial charge in [-0.3, -0.25) is 19.0 Å². The molecule has 4 aromatic carbocycles. The molecule has 6 aromatic rings. The molecule has 0 radical (unpaired) electrons. The largest absolute Gasteiger partial charge is 1.00 e. The number of aryl methyl sites for hydroxylation is 2. The van der Waals surface area contributed by atoms with Gasteiger partial charge in [-0.2, -0.15) is 36.5 Å². The van der Waals surface area contributed by atoms with Gasteiger partial charge in [0, 0.05) is 49.0 Å². The normalized spacial score (nSPS) is 10.9. The molecule has 0 aliphatic carbocycles. The van der Waals surface area contributed by atoms with Crippen LogP contribution in [0.4, 0.5) is 55.3 Å². The van der Waals surface area contributed by atoms with Crippen molar-refractivity contribution >= 4 is 57.3 Å². The van der Waals surface area contributed by atoms with E-state index in [9.17, 15) is 53.5 Å². The molecule has 1 amide bonds. The fourth-order valence-electron chi connectivity index (χ4n) is 4.87. The van der Waals surface area contributed by atoms with Crippen LogP contribution in [0.15, 0.2) is 85.2 Å².